The van der Waals surface area contributed by atoms with Crippen LogP contribution in [0.5, 0.6) is 5.75 Å². The van der Waals surface area contributed by atoms with E-state index in [2.05, 4.69) is 25.9 Å². The molecule has 0 saturated heterocycles. The number of guanidine groups is 2. The van der Waals surface area contributed by atoms with Crippen LogP contribution in [-0.4, -0.2) is 35.9 Å². The first-order valence-electron chi connectivity index (χ1n) is 7.29. The Morgan fingerprint density at radius 1 is 1.26 bits per heavy atom. The van der Waals surface area contributed by atoms with Gasteiger partial charge < -0.3 is 16.2 Å². The van der Waals surface area contributed by atoms with E-state index >= 15 is 0 Å². The van der Waals surface area contributed by atoms with Crippen LogP contribution in [0.1, 0.15) is 20.8 Å². The van der Waals surface area contributed by atoms with E-state index in [0.29, 0.717) is 13.2 Å². The van der Waals surface area contributed by atoms with Gasteiger partial charge in [-0.05, 0) is 41.9 Å². The van der Waals surface area contributed by atoms with Crippen LogP contribution in [-0.2, 0) is 4.84 Å². The summed E-state index contributed by atoms with van der Waals surface area (Å²) in [5.74, 6) is 1.30. The predicted octanol–water partition coefficient (Wildman–Crippen LogP) is 2.08. The highest BCUT2D eigenvalue weighted by Crippen LogP contribution is 2.24. The zero-order valence-electron chi connectivity index (χ0n) is 13.5. The highest BCUT2D eigenvalue weighted by atomic mass is 79.9. The maximum atomic E-state index is 5.87. The number of halogens is 1. The minimum atomic E-state index is -0.695. The lowest BCUT2D eigenvalue weighted by molar-refractivity contribution is -0.167. The summed E-state index contributed by atoms with van der Waals surface area (Å²) in [7, 11) is 0. The molecule has 0 fully saturated rings. The average molecular weight is 384 g/mol. The van der Waals surface area contributed by atoms with Crippen LogP contribution in [0.3, 0.4) is 0 Å². The fraction of sp³-hybridized carbons (Fsp3) is 0.467. The number of hydrogen-bond acceptors (Lipinski definition) is 7. The van der Waals surface area contributed by atoms with E-state index < -0.39 is 5.66 Å². The highest BCUT2D eigenvalue weighted by molar-refractivity contribution is 9.10. The van der Waals surface area contributed by atoms with Crippen LogP contribution in [0.2, 0.25) is 0 Å². The first kappa shape index (κ1) is 17.6. The van der Waals surface area contributed by atoms with E-state index in [0.717, 1.165) is 10.2 Å². The normalized spacial score (nSPS) is 18.2. The number of nitrogens with zero attached hydrogens (tertiary/aromatic N) is 3. The fourth-order valence-electron chi connectivity index (χ4n) is 2.06. The lowest BCUT2D eigenvalue weighted by Gasteiger charge is -2.37. The maximum absolute atomic E-state index is 5.87. The molecule has 0 bridgehead atoms. The molecule has 0 aliphatic carbocycles. The molecule has 126 valence electrons. The Balaban J connectivity index is 1.86. The summed E-state index contributed by atoms with van der Waals surface area (Å²) < 4.78 is 6.70. The molecule has 0 unspecified atom stereocenters. The zero-order valence-corrected chi connectivity index (χ0v) is 15.1. The van der Waals surface area contributed by atoms with Crippen molar-refractivity contribution in [2.75, 3.05) is 13.2 Å². The molecule has 23 heavy (non-hydrogen) atoms. The van der Waals surface area contributed by atoms with E-state index in [4.69, 9.17) is 21.0 Å². The smallest absolute Gasteiger partial charge is 0.226 e. The lowest BCUT2D eigenvalue weighted by atomic mass is 10.2. The van der Waals surface area contributed by atoms with Gasteiger partial charge >= 0.3 is 0 Å². The van der Waals surface area contributed by atoms with Crippen molar-refractivity contribution >= 4 is 27.8 Å². The molecular weight excluding hydrogens is 362 g/mol. The molecule has 0 aromatic heterocycles. The summed E-state index contributed by atoms with van der Waals surface area (Å²) in [4.78, 5) is 13.9. The van der Waals surface area contributed by atoms with Gasteiger partial charge in [-0.2, -0.15) is 10.1 Å². The Kier molecular flexibility index (Phi) is 5.48. The number of hydroxylamine groups is 2. The second-order valence-corrected chi connectivity index (χ2v) is 6.73. The first-order chi connectivity index (χ1) is 10.8. The third kappa shape index (κ3) is 4.59. The number of ether oxygens (including phenoxy) is 1. The molecule has 1 aliphatic rings. The van der Waals surface area contributed by atoms with Crippen molar-refractivity contribution in [2.45, 2.75) is 26.4 Å². The van der Waals surface area contributed by atoms with Crippen molar-refractivity contribution in [1.82, 2.24) is 5.06 Å². The summed E-state index contributed by atoms with van der Waals surface area (Å²) in [6.45, 7) is 6.66. The van der Waals surface area contributed by atoms with Gasteiger partial charge in [0.2, 0.25) is 11.9 Å². The van der Waals surface area contributed by atoms with Gasteiger partial charge in [-0.15, -0.1) is 0 Å². The number of aliphatic imine (C=N–C) groups is 2. The van der Waals surface area contributed by atoms with Crippen molar-refractivity contribution in [3.63, 3.8) is 0 Å². The predicted molar refractivity (Wildman–Crippen MR) is 93.9 cm³/mol. The van der Waals surface area contributed by atoms with Gasteiger partial charge in [0.15, 0.2) is 5.66 Å². The molecule has 8 heteroatoms. The van der Waals surface area contributed by atoms with Crippen molar-refractivity contribution in [3.05, 3.63) is 28.7 Å². The van der Waals surface area contributed by atoms with Crippen molar-refractivity contribution < 1.29 is 9.57 Å². The molecular formula is C15H22BrN5O2. The van der Waals surface area contributed by atoms with Gasteiger partial charge in [-0.1, -0.05) is 19.1 Å². The summed E-state index contributed by atoms with van der Waals surface area (Å²) in [6.07, 6.45) is 0. The first-order valence-corrected chi connectivity index (χ1v) is 8.09. The second-order valence-electron chi connectivity index (χ2n) is 5.87. The maximum Gasteiger partial charge on any atom is 0.226 e. The Hall–Kier alpha value is -1.80. The second kappa shape index (κ2) is 7.18. The van der Waals surface area contributed by atoms with Crippen LogP contribution in [0, 0.1) is 5.92 Å². The van der Waals surface area contributed by atoms with E-state index in [-0.39, 0.29) is 17.8 Å². The molecule has 7 nitrogen and oxygen atoms in total. The van der Waals surface area contributed by atoms with Gasteiger partial charge in [0, 0.05) is 5.92 Å². The van der Waals surface area contributed by atoms with Gasteiger partial charge in [-0.3, -0.25) is 4.84 Å². The van der Waals surface area contributed by atoms with Gasteiger partial charge in [0.05, 0.1) is 17.7 Å². The Morgan fingerprint density at radius 2 is 1.96 bits per heavy atom. The van der Waals surface area contributed by atoms with Gasteiger partial charge in [-0.25, -0.2) is 4.99 Å². The molecule has 1 atom stereocenters. The monoisotopic (exact) mass is 383 g/mol. The van der Waals surface area contributed by atoms with E-state index in [1.165, 1.54) is 5.06 Å². The van der Waals surface area contributed by atoms with Crippen LogP contribution >= 0.6 is 15.9 Å². The summed E-state index contributed by atoms with van der Waals surface area (Å²) >= 11 is 3.45. The van der Waals surface area contributed by atoms with Crippen molar-refractivity contribution in [2.24, 2.45) is 27.4 Å². The fourth-order valence-corrected chi connectivity index (χ4v) is 2.46. The molecule has 0 spiro atoms. The van der Waals surface area contributed by atoms with Crippen LogP contribution in [0.25, 0.3) is 0 Å². The lowest BCUT2D eigenvalue weighted by Crippen LogP contribution is -2.54. The van der Waals surface area contributed by atoms with Crippen molar-refractivity contribution in [1.29, 1.82) is 0 Å². The summed E-state index contributed by atoms with van der Waals surface area (Å²) in [5.41, 5.74) is 10.8. The Labute approximate surface area is 144 Å². The molecule has 0 radical (unpaired) electrons. The molecule has 1 heterocycles. The molecule has 0 saturated carbocycles. The van der Waals surface area contributed by atoms with Crippen molar-refractivity contribution in [3.8, 4) is 5.75 Å². The van der Waals surface area contributed by atoms with E-state index in [9.17, 15) is 0 Å². The zero-order chi connectivity index (χ0) is 17.0. The largest absolute Gasteiger partial charge is 0.492 e. The van der Waals surface area contributed by atoms with Gasteiger partial charge in [0.25, 0.3) is 0 Å². The van der Waals surface area contributed by atoms with Gasteiger partial charge in [0.1, 0.15) is 5.75 Å². The number of para-hydroxylation sites is 1. The SMILES string of the molecule is C[C@@H](COc1ccccc1Br)CON1C(N)=NC(N)=NC1(C)C. The third-order valence-corrected chi connectivity index (χ3v) is 3.83. The minimum Gasteiger partial charge on any atom is -0.492 e. The topological polar surface area (TPSA) is 98.5 Å². The number of hydrogen-bond donors (Lipinski definition) is 2. The highest BCUT2D eigenvalue weighted by Gasteiger charge is 2.33. The number of nitrogens with two attached hydrogens (primary N) is 2. The summed E-state index contributed by atoms with van der Waals surface area (Å²) in [5, 5.41) is 1.47. The molecule has 1 aromatic carbocycles. The van der Waals surface area contributed by atoms with Crippen LogP contribution in [0.15, 0.2) is 38.7 Å². The van der Waals surface area contributed by atoms with Crippen LogP contribution < -0.4 is 16.2 Å². The number of benzene rings is 1. The molecule has 2 rings (SSSR count). The average Bonchev–Trinajstić information content (AvgIpc) is 2.44. The van der Waals surface area contributed by atoms with E-state index in [1.54, 1.807) is 0 Å². The summed E-state index contributed by atoms with van der Waals surface area (Å²) in [6, 6.07) is 7.72. The Morgan fingerprint density at radius 3 is 2.61 bits per heavy atom. The molecule has 0 amide bonds. The minimum absolute atomic E-state index is 0.147. The van der Waals surface area contributed by atoms with Crippen LogP contribution in [0.4, 0.5) is 0 Å². The molecule has 1 aliphatic heterocycles. The van der Waals surface area contributed by atoms with E-state index in [1.807, 2.05) is 45.0 Å². The third-order valence-electron chi connectivity index (χ3n) is 3.17. The number of rotatable bonds is 6. The molecule has 1 aromatic rings. The Bertz CT molecular complexity index is 618. The molecule has 4 N–H and O–H groups in total. The quantitative estimate of drug-likeness (QED) is 0.783. The standard InChI is InChI=1S/C15H22BrN5O2/c1-10(8-22-12-7-5-4-6-11(12)16)9-23-21-14(18)19-13(17)20-15(21,2)3/h4-7,10H,8-9H2,1-3H3,(H4,17,18,19,20)/t10-/m0/s1.